The first-order valence-electron chi connectivity index (χ1n) is 5.29. The average Bonchev–Trinajstić information content (AvgIpc) is 2.65. The third-order valence-electron chi connectivity index (χ3n) is 2.59. The highest BCUT2D eigenvalue weighted by molar-refractivity contribution is 7.09. The minimum absolute atomic E-state index is 0.426. The van der Waals surface area contributed by atoms with Crippen molar-refractivity contribution in [1.82, 2.24) is 10.3 Å². The van der Waals surface area contributed by atoms with E-state index in [1.165, 1.54) is 11.3 Å². The quantitative estimate of drug-likeness (QED) is 0.810. The molecule has 0 spiro atoms. The van der Waals surface area contributed by atoms with Gasteiger partial charge in [-0.3, -0.25) is 4.98 Å². The Labute approximate surface area is 90.8 Å². The largest absolute Gasteiger partial charge is 0.306 e. The average molecular weight is 212 g/mol. The number of aromatic nitrogens is 1. The van der Waals surface area contributed by atoms with Gasteiger partial charge in [-0.1, -0.05) is 20.8 Å². The van der Waals surface area contributed by atoms with Crippen LogP contribution >= 0.6 is 11.3 Å². The Balaban J connectivity index is 2.51. The van der Waals surface area contributed by atoms with Crippen molar-refractivity contribution < 1.29 is 0 Å². The first-order chi connectivity index (χ1) is 6.65. The summed E-state index contributed by atoms with van der Waals surface area (Å²) in [6.07, 6.45) is 3.14. The van der Waals surface area contributed by atoms with Crippen molar-refractivity contribution in [3.8, 4) is 0 Å². The van der Waals surface area contributed by atoms with Crippen LogP contribution in [-0.4, -0.2) is 11.0 Å². The lowest BCUT2D eigenvalue weighted by Crippen LogP contribution is -2.34. The van der Waals surface area contributed by atoms with Gasteiger partial charge in [0.1, 0.15) is 0 Å². The van der Waals surface area contributed by atoms with E-state index in [1.54, 1.807) is 11.3 Å². The molecule has 0 aliphatic carbocycles. The fourth-order valence-corrected chi connectivity index (χ4v) is 2.26. The smallest absolute Gasteiger partial charge is 0.0794 e. The normalized spacial score (nSPS) is 15.8. The molecule has 0 aliphatic rings. The molecule has 1 aromatic rings. The number of hydrogen-bond acceptors (Lipinski definition) is 3. The lowest BCUT2D eigenvalue weighted by Gasteiger charge is -2.24. The molecule has 1 heterocycles. The van der Waals surface area contributed by atoms with Crippen molar-refractivity contribution >= 4 is 11.3 Å². The third kappa shape index (κ3) is 3.07. The number of nitrogens with zero attached hydrogens (tertiary/aromatic N) is 1. The predicted octanol–water partition coefficient (Wildman–Crippen LogP) is 3.23. The molecule has 0 amide bonds. The number of thiazole rings is 1. The van der Waals surface area contributed by atoms with Crippen LogP contribution in [0.5, 0.6) is 0 Å². The van der Waals surface area contributed by atoms with Gasteiger partial charge in [0.15, 0.2) is 0 Å². The summed E-state index contributed by atoms with van der Waals surface area (Å²) >= 11 is 1.72. The first-order valence-corrected chi connectivity index (χ1v) is 6.17. The Morgan fingerprint density at radius 2 is 2.14 bits per heavy atom. The molecule has 0 radical (unpaired) electrons. The van der Waals surface area contributed by atoms with Crippen molar-refractivity contribution in [3.63, 3.8) is 0 Å². The van der Waals surface area contributed by atoms with Crippen LogP contribution < -0.4 is 5.32 Å². The molecule has 0 fully saturated rings. The first kappa shape index (κ1) is 11.7. The molecule has 0 aliphatic heterocycles. The van der Waals surface area contributed by atoms with Crippen molar-refractivity contribution in [2.24, 2.45) is 5.92 Å². The van der Waals surface area contributed by atoms with E-state index in [4.69, 9.17) is 0 Å². The molecular weight excluding hydrogens is 192 g/mol. The zero-order chi connectivity index (χ0) is 10.6. The summed E-state index contributed by atoms with van der Waals surface area (Å²) in [6, 6.07) is 1.03. The maximum Gasteiger partial charge on any atom is 0.0794 e. The summed E-state index contributed by atoms with van der Waals surface area (Å²) in [5.74, 6) is 0.690. The van der Waals surface area contributed by atoms with Crippen LogP contribution in [0.1, 0.15) is 45.0 Å². The fraction of sp³-hybridized carbons (Fsp3) is 0.727. The van der Waals surface area contributed by atoms with Gasteiger partial charge in [0.2, 0.25) is 0 Å². The van der Waals surface area contributed by atoms with Gasteiger partial charge >= 0.3 is 0 Å². The maximum atomic E-state index is 4.10. The van der Waals surface area contributed by atoms with Crippen LogP contribution in [0, 0.1) is 5.92 Å². The van der Waals surface area contributed by atoms with Gasteiger partial charge in [-0.25, -0.2) is 0 Å². The summed E-state index contributed by atoms with van der Waals surface area (Å²) in [4.78, 5) is 5.42. The fourth-order valence-electron chi connectivity index (χ4n) is 1.62. The van der Waals surface area contributed by atoms with Crippen LogP contribution in [0.25, 0.3) is 0 Å². The SMILES string of the molecule is CCC(NC(C)c1cncs1)C(C)C. The highest BCUT2D eigenvalue weighted by Crippen LogP contribution is 2.19. The van der Waals surface area contributed by atoms with E-state index in [9.17, 15) is 0 Å². The minimum atomic E-state index is 0.426. The molecule has 1 N–H and O–H groups in total. The number of hydrogen-bond donors (Lipinski definition) is 1. The summed E-state index contributed by atoms with van der Waals surface area (Å²) in [6.45, 7) is 8.97. The van der Waals surface area contributed by atoms with Crippen LogP contribution in [0.15, 0.2) is 11.7 Å². The van der Waals surface area contributed by atoms with Crippen LogP contribution in [-0.2, 0) is 0 Å². The molecule has 0 saturated carbocycles. The van der Waals surface area contributed by atoms with Crippen LogP contribution in [0.4, 0.5) is 0 Å². The van der Waals surface area contributed by atoms with E-state index in [0.717, 1.165) is 0 Å². The molecule has 3 heteroatoms. The molecule has 0 aromatic carbocycles. The zero-order valence-corrected chi connectivity index (χ0v) is 10.3. The molecule has 1 rings (SSSR count). The van der Waals surface area contributed by atoms with E-state index in [2.05, 4.69) is 38.0 Å². The second-order valence-corrected chi connectivity index (χ2v) is 4.97. The molecular formula is C11H20N2S. The van der Waals surface area contributed by atoms with Crippen LogP contribution in [0.3, 0.4) is 0 Å². The number of nitrogens with one attached hydrogen (secondary N) is 1. The Kier molecular flexibility index (Phi) is 4.55. The molecule has 2 atom stereocenters. The van der Waals surface area contributed by atoms with Crippen molar-refractivity contribution in [2.75, 3.05) is 0 Å². The molecule has 14 heavy (non-hydrogen) atoms. The van der Waals surface area contributed by atoms with Crippen LogP contribution in [0.2, 0.25) is 0 Å². The van der Waals surface area contributed by atoms with Crippen molar-refractivity contribution in [2.45, 2.75) is 46.2 Å². The molecule has 2 unspecified atom stereocenters. The highest BCUT2D eigenvalue weighted by atomic mass is 32.1. The Morgan fingerprint density at radius 1 is 1.43 bits per heavy atom. The Hall–Kier alpha value is -0.410. The lowest BCUT2D eigenvalue weighted by atomic mass is 10.0. The monoisotopic (exact) mass is 212 g/mol. The topological polar surface area (TPSA) is 24.9 Å². The van der Waals surface area contributed by atoms with Gasteiger partial charge in [0.05, 0.1) is 5.51 Å². The van der Waals surface area contributed by atoms with Gasteiger partial charge < -0.3 is 5.32 Å². The zero-order valence-electron chi connectivity index (χ0n) is 9.45. The van der Waals surface area contributed by atoms with Gasteiger partial charge in [-0.15, -0.1) is 11.3 Å². The second kappa shape index (κ2) is 5.47. The lowest BCUT2D eigenvalue weighted by molar-refractivity contribution is 0.357. The highest BCUT2D eigenvalue weighted by Gasteiger charge is 2.15. The summed E-state index contributed by atoms with van der Waals surface area (Å²) in [5, 5.41) is 3.64. The Morgan fingerprint density at radius 3 is 2.57 bits per heavy atom. The molecule has 80 valence electrons. The van der Waals surface area contributed by atoms with Crippen molar-refractivity contribution in [1.29, 1.82) is 0 Å². The van der Waals surface area contributed by atoms with E-state index in [-0.39, 0.29) is 0 Å². The van der Waals surface area contributed by atoms with Gasteiger partial charge in [0.25, 0.3) is 0 Å². The van der Waals surface area contributed by atoms with E-state index < -0.39 is 0 Å². The van der Waals surface area contributed by atoms with Gasteiger partial charge in [0, 0.05) is 23.2 Å². The van der Waals surface area contributed by atoms with E-state index >= 15 is 0 Å². The Bertz CT molecular complexity index is 244. The molecule has 2 nitrogen and oxygen atoms in total. The second-order valence-electron chi connectivity index (χ2n) is 4.05. The summed E-state index contributed by atoms with van der Waals surface area (Å²) in [5.41, 5.74) is 1.89. The number of rotatable bonds is 5. The minimum Gasteiger partial charge on any atom is -0.306 e. The van der Waals surface area contributed by atoms with E-state index in [0.29, 0.717) is 18.0 Å². The summed E-state index contributed by atoms with van der Waals surface area (Å²) in [7, 11) is 0. The third-order valence-corrected chi connectivity index (χ3v) is 3.55. The van der Waals surface area contributed by atoms with E-state index in [1.807, 2.05) is 11.7 Å². The standard InChI is InChI=1S/C11H20N2S/c1-5-10(8(2)3)13-9(4)11-6-12-7-14-11/h6-10,13H,5H2,1-4H3. The van der Waals surface area contributed by atoms with Gasteiger partial charge in [-0.05, 0) is 19.3 Å². The molecule has 1 aromatic heterocycles. The summed E-state index contributed by atoms with van der Waals surface area (Å²) < 4.78 is 0. The van der Waals surface area contributed by atoms with Gasteiger partial charge in [-0.2, -0.15) is 0 Å². The molecule has 0 bridgehead atoms. The predicted molar refractivity (Wildman–Crippen MR) is 62.6 cm³/mol. The molecule has 0 saturated heterocycles. The maximum absolute atomic E-state index is 4.10. The van der Waals surface area contributed by atoms with Crippen molar-refractivity contribution in [3.05, 3.63) is 16.6 Å².